The van der Waals surface area contributed by atoms with E-state index < -0.39 is 0 Å². The van der Waals surface area contributed by atoms with Crippen LogP contribution in [0.2, 0.25) is 0 Å². The summed E-state index contributed by atoms with van der Waals surface area (Å²) in [6.45, 7) is 15.6. The SMILES string of the molecule is CCCC(OC(CO)CN(C)C)O[C@H]1CC[C@@]2(C)C(=CC[C@H]3[C@@H]4CC[C@H]([C@H](C)CCCC(C)C)[C@@]4(C)CC[C@@H]32)C1. The molecule has 0 radical (unpaired) electrons. The van der Waals surface area contributed by atoms with Gasteiger partial charge >= 0.3 is 0 Å². The first-order valence-electron chi connectivity index (χ1n) is 17.3. The zero-order valence-electron chi connectivity index (χ0n) is 27.6. The van der Waals surface area contributed by atoms with E-state index in [4.69, 9.17) is 9.47 Å². The van der Waals surface area contributed by atoms with E-state index in [0.717, 1.165) is 61.2 Å². The molecule has 0 spiro atoms. The van der Waals surface area contributed by atoms with Crippen molar-refractivity contribution in [3.63, 3.8) is 0 Å². The third-order valence-corrected chi connectivity index (χ3v) is 12.2. The van der Waals surface area contributed by atoms with E-state index in [1.165, 1.54) is 57.8 Å². The van der Waals surface area contributed by atoms with Crippen molar-refractivity contribution in [1.82, 2.24) is 4.90 Å². The fraction of sp³-hybridized carbons (Fsp3) is 0.944. The van der Waals surface area contributed by atoms with E-state index in [2.05, 4.69) is 52.5 Å². The number of likely N-dealkylation sites (N-methyl/N-ethyl adjacent to an activating group) is 1. The number of aliphatic hydroxyl groups excluding tert-OH is 1. The van der Waals surface area contributed by atoms with Crippen LogP contribution in [-0.2, 0) is 9.47 Å². The maximum atomic E-state index is 9.87. The van der Waals surface area contributed by atoms with Gasteiger partial charge < -0.3 is 19.5 Å². The van der Waals surface area contributed by atoms with Gasteiger partial charge in [0.05, 0.1) is 18.8 Å². The molecule has 0 aromatic rings. The molecule has 4 aliphatic carbocycles. The summed E-state index contributed by atoms with van der Waals surface area (Å²) in [4.78, 5) is 2.08. The Hall–Kier alpha value is -0.420. The van der Waals surface area contributed by atoms with Crippen LogP contribution >= 0.6 is 0 Å². The molecule has 0 saturated heterocycles. The molecule has 2 unspecified atom stereocenters. The highest BCUT2D eigenvalue weighted by molar-refractivity contribution is 5.25. The molecule has 1 N–H and O–H groups in total. The lowest BCUT2D eigenvalue weighted by Crippen LogP contribution is -2.51. The lowest BCUT2D eigenvalue weighted by atomic mass is 9.47. The molecule has 3 saturated carbocycles. The van der Waals surface area contributed by atoms with E-state index in [1.807, 2.05) is 14.1 Å². The highest BCUT2D eigenvalue weighted by Crippen LogP contribution is 2.67. The van der Waals surface area contributed by atoms with E-state index in [9.17, 15) is 5.11 Å². The Morgan fingerprint density at radius 3 is 2.45 bits per heavy atom. The quantitative estimate of drug-likeness (QED) is 0.171. The molecule has 232 valence electrons. The largest absolute Gasteiger partial charge is 0.394 e. The normalized spacial score (nSPS) is 38.0. The minimum absolute atomic E-state index is 0.0381. The molecular weight excluding hydrogens is 494 g/mol. The van der Waals surface area contributed by atoms with Crippen LogP contribution in [0, 0.1) is 46.3 Å². The minimum atomic E-state index is -0.221. The molecule has 0 aliphatic heterocycles. The molecule has 40 heavy (non-hydrogen) atoms. The second-order valence-electron chi connectivity index (χ2n) is 15.7. The summed E-state index contributed by atoms with van der Waals surface area (Å²) in [7, 11) is 4.06. The van der Waals surface area contributed by atoms with Gasteiger partial charge in [0.25, 0.3) is 0 Å². The third-order valence-electron chi connectivity index (χ3n) is 12.2. The number of hydrogen-bond donors (Lipinski definition) is 1. The lowest BCUT2D eigenvalue weighted by Gasteiger charge is -2.58. The van der Waals surface area contributed by atoms with Crippen LogP contribution in [0.4, 0.5) is 0 Å². The van der Waals surface area contributed by atoms with Gasteiger partial charge in [0.2, 0.25) is 0 Å². The van der Waals surface area contributed by atoms with Crippen LogP contribution in [0.25, 0.3) is 0 Å². The van der Waals surface area contributed by atoms with Gasteiger partial charge in [-0.05, 0) is 118 Å². The Balaban J connectivity index is 1.40. The Morgan fingerprint density at radius 2 is 1.77 bits per heavy atom. The summed E-state index contributed by atoms with van der Waals surface area (Å²) >= 11 is 0. The molecule has 10 atom stereocenters. The van der Waals surface area contributed by atoms with Crippen molar-refractivity contribution in [2.75, 3.05) is 27.2 Å². The van der Waals surface area contributed by atoms with Crippen molar-refractivity contribution in [2.45, 2.75) is 144 Å². The maximum absolute atomic E-state index is 9.87. The van der Waals surface area contributed by atoms with Gasteiger partial charge in [-0.2, -0.15) is 0 Å². The molecule has 4 aliphatic rings. The number of nitrogens with zero attached hydrogens (tertiary/aromatic N) is 1. The third kappa shape index (κ3) is 7.03. The summed E-state index contributed by atoms with van der Waals surface area (Å²) in [5.74, 6) is 5.29. The molecule has 0 amide bonds. The monoisotopic (exact) mass is 559 g/mol. The zero-order valence-corrected chi connectivity index (χ0v) is 27.6. The average molecular weight is 560 g/mol. The fourth-order valence-electron chi connectivity index (χ4n) is 10.2. The van der Waals surface area contributed by atoms with Crippen LogP contribution in [-0.4, -0.2) is 55.8 Å². The summed E-state index contributed by atoms with van der Waals surface area (Å²) in [5, 5.41) is 9.87. The average Bonchev–Trinajstić information content (AvgIpc) is 3.25. The van der Waals surface area contributed by atoms with E-state index in [0.29, 0.717) is 17.4 Å². The standard InChI is InChI=1S/C36H65NO3/c1-9-11-34(40-29(24-38)23-37(7)8)39-28-18-20-35(5)27(22-28)14-15-30-32-17-16-31(26(4)13-10-12-25(2)3)36(32,6)21-19-33(30)35/h14,25-26,28-34,38H,9-13,15-24H2,1-8H3/t26-,28+,29?,30+,31-,32+,33+,34?,35+,36-/m1/s1. The van der Waals surface area contributed by atoms with Gasteiger partial charge in [0.15, 0.2) is 6.29 Å². The highest BCUT2D eigenvalue weighted by Gasteiger charge is 2.59. The number of fused-ring (bicyclic) bond motifs is 5. The van der Waals surface area contributed by atoms with Gasteiger partial charge in [0, 0.05) is 6.54 Å². The van der Waals surface area contributed by atoms with Gasteiger partial charge in [-0.3, -0.25) is 0 Å². The van der Waals surface area contributed by atoms with Gasteiger partial charge in [-0.15, -0.1) is 0 Å². The van der Waals surface area contributed by atoms with E-state index >= 15 is 0 Å². The van der Waals surface area contributed by atoms with Crippen LogP contribution < -0.4 is 0 Å². The van der Waals surface area contributed by atoms with Crippen molar-refractivity contribution < 1.29 is 14.6 Å². The fourth-order valence-corrected chi connectivity index (χ4v) is 10.2. The molecule has 3 fully saturated rings. The van der Waals surface area contributed by atoms with Crippen molar-refractivity contribution in [3.05, 3.63) is 11.6 Å². The lowest BCUT2D eigenvalue weighted by molar-refractivity contribution is -0.211. The molecule has 0 bridgehead atoms. The topological polar surface area (TPSA) is 41.9 Å². The molecule has 0 heterocycles. The molecular formula is C36H65NO3. The molecule has 4 heteroatoms. The molecule has 4 rings (SSSR count). The number of aliphatic hydroxyl groups is 1. The van der Waals surface area contributed by atoms with Crippen molar-refractivity contribution >= 4 is 0 Å². The second kappa shape index (κ2) is 13.9. The van der Waals surface area contributed by atoms with Crippen molar-refractivity contribution in [2.24, 2.45) is 46.3 Å². The molecule has 4 nitrogen and oxygen atoms in total. The first-order valence-corrected chi connectivity index (χ1v) is 17.3. The Kier molecular flexibility index (Phi) is 11.3. The number of allylic oxidation sites excluding steroid dienone is 1. The number of ether oxygens (including phenoxy) is 2. The Bertz CT molecular complexity index is 825. The first kappa shape index (κ1) is 32.5. The Labute approximate surface area is 248 Å². The van der Waals surface area contributed by atoms with Gasteiger partial charge in [-0.25, -0.2) is 0 Å². The minimum Gasteiger partial charge on any atom is -0.394 e. The van der Waals surface area contributed by atoms with Crippen LogP contribution in [0.3, 0.4) is 0 Å². The number of rotatable bonds is 14. The maximum Gasteiger partial charge on any atom is 0.158 e. The predicted octanol–water partition coefficient (Wildman–Crippen LogP) is 8.48. The van der Waals surface area contributed by atoms with Gasteiger partial charge in [-0.1, -0.05) is 78.9 Å². The summed E-state index contributed by atoms with van der Waals surface area (Å²) in [6.07, 6.45) is 19.2. The second-order valence-corrected chi connectivity index (χ2v) is 15.7. The van der Waals surface area contributed by atoms with Crippen LogP contribution in [0.15, 0.2) is 11.6 Å². The van der Waals surface area contributed by atoms with Gasteiger partial charge in [0.1, 0.15) is 0 Å². The summed E-state index contributed by atoms with van der Waals surface area (Å²) in [5.41, 5.74) is 2.60. The van der Waals surface area contributed by atoms with E-state index in [1.54, 1.807) is 5.57 Å². The van der Waals surface area contributed by atoms with Crippen molar-refractivity contribution in [3.8, 4) is 0 Å². The van der Waals surface area contributed by atoms with Crippen LogP contribution in [0.1, 0.15) is 125 Å². The molecule has 0 aromatic heterocycles. The Morgan fingerprint density at radius 1 is 1.00 bits per heavy atom. The van der Waals surface area contributed by atoms with Crippen LogP contribution in [0.5, 0.6) is 0 Å². The van der Waals surface area contributed by atoms with Crippen molar-refractivity contribution in [1.29, 1.82) is 0 Å². The smallest absolute Gasteiger partial charge is 0.158 e. The zero-order chi connectivity index (χ0) is 29.1. The van der Waals surface area contributed by atoms with E-state index in [-0.39, 0.29) is 25.1 Å². The summed E-state index contributed by atoms with van der Waals surface area (Å²) < 4.78 is 12.9. The highest BCUT2D eigenvalue weighted by atomic mass is 16.7. The first-order chi connectivity index (χ1) is 19.0. The summed E-state index contributed by atoms with van der Waals surface area (Å²) in [6, 6.07) is 0. The molecule has 0 aromatic carbocycles. The number of hydrogen-bond acceptors (Lipinski definition) is 4. The predicted molar refractivity (Wildman–Crippen MR) is 167 cm³/mol.